The number of nitrogens with zero attached hydrogens (tertiary/aromatic N) is 3. The number of rotatable bonds is 8. The number of carbonyl (C=O) groups is 2. The molecule has 3 aromatic rings. The fourth-order valence-corrected chi connectivity index (χ4v) is 7.44. The Morgan fingerprint density at radius 3 is 2.53 bits per heavy atom. The third kappa shape index (κ3) is 9.04. The number of likely N-dealkylation sites (N-methyl/N-ethyl adjacent to an activating group) is 1. The number of hydrogen-bond donors (Lipinski definition) is 3. The van der Waals surface area contributed by atoms with Crippen LogP contribution in [0.4, 0.5) is 16.2 Å². The molecule has 0 bridgehead atoms. The SMILES string of the molecule is Cc1noc(C)c1S(=O)(=O)Nc1ccc2c(c1)C(=O)N([C@H](C)CO)C[C@@H](C)[C@@H](CN(C)C(=O)Nc1ccc3c(c1)OCO3)OCCCC[C@@H](C)O2. The van der Waals surface area contributed by atoms with Gasteiger partial charge in [-0.2, -0.15) is 0 Å². The van der Waals surface area contributed by atoms with Gasteiger partial charge in [0.25, 0.3) is 15.9 Å². The molecule has 2 aliphatic rings. The van der Waals surface area contributed by atoms with Crippen molar-refractivity contribution in [1.82, 2.24) is 15.0 Å². The minimum atomic E-state index is -4.10. The lowest BCUT2D eigenvalue weighted by atomic mass is 10.0. The van der Waals surface area contributed by atoms with Crippen molar-refractivity contribution in [2.24, 2.45) is 5.92 Å². The summed E-state index contributed by atoms with van der Waals surface area (Å²) in [6, 6.07) is 8.74. The van der Waals surface area contributed by atoms with Crippen LogP contribution in [0.5, 0.6) is 17.2 Å². The van der Waals surface area contributed by atoms with Gasteiger partial charge in [0.15, 0.2) is 22.2 Å². The summed E-state index contributed by atoms with van der Waals surface area (Å²) in [5.74, 6) is 0.826. The van der Waals surface area contributed by atoms with Crippen molar-refractivity contribution in [3.05, 3.63) is 53.4 Å². The molecule has 5 rings (SSSR count). The zero-order valence-electron chi connectivity index (χ0n) is 29.8. The quantitative estimate of drug-likeness (QED) is 0.290. The number of nitrogens with one attached hydrogen (secondary N) is 2. The highest BCUT2D eigenvalue weighted by atomic mass is 32.2. The zero-order valence-corrected chi connectivity index (χ0v) is 30.6. The maximum absolute atomic E-state index is 14.4. The number of ether oxygens (including phenoxy) is 4. The monoisotopic (exact) mass is 729 g/mol. The second-order valence-electron chi connectivity index (χ2n) is 13.1. The van der Waals surface area contributed by atoms with Crippen LogP contribution in [0.2, 0.25) is 0 Å². The molecule has 0 unspecified atom stereocenters. The Balaban J connectivity index is 1.40. The summed E-state index contributed by atoms with van der Waals surface area (Å²) in [6.07, 6.45) is 1.47. The van der Waals surface area contributed by atoms with Crippen LogP contribution in [-0.4, -0.2) is 98.8 Å². The summed E-state index contributed by atoms with van der Waals surface area (Å²) in [5.41, 5.74) is 1.02. The number of carbonyl (C=O) groups excluding carboxylic acids is 2. The molecule has 0 spiro atoms. The third-order valence-corrected chi connectivity index (χ3v) is 10.6. The topological polar surface area (TPSA) is 182 Å². The Hall–Kier alpha value is -4.54. The molecule has 278 valence electrons. The minimum Gasteiger partial charge on any atom is -0.490 e. The van der Waals surface area contributed by atoms with Crippen LogP contribution in [0.25, 0.3) is 0 Å². The van der Waals surface area contributed by atoms with Crippen molar-refractivity contribution < 1.29 is 46.6 Å². The molecule has 3 amide bonds. The summed E-state index contributed by atoms with van der Waals surface area (Å²) in [5, 5.41) is 16.9. The van der Waals surface area contributed by atoms with E-state index < -0.39 is 28.1 Å². The van der Waals surface area contributed by atoms with Gasteiger partial charge in [0.1, 0.15) is 11.4 Å². The Kier molecular flexibility index (Phi) is 12.0. The number of anilines is 2. The first-order valence-electron chi connectivity index (χ1n) is 17.0. The van der Waals surface area contributed by atoms with Crippen molar-refractivity contribution in [3.63, 3.8) is 0 Å². The number of hydrogen-bond acceptors (Lipinski definition) is 11. The van der Waals surface area contributed by atoms with Gasteiger partial charge < -0.3 is 43.7 Å². The van der Waals surface area contributed by atoms with E-state index in [0.29, 0.717) is 36.0 Å². The molecular formula is C35H47N5O10S. The van der Waals surface area contributed by atoms with Crippen LogP contribution in [0.3, 0.4) is 0 Å². The Labute approximate surface area is 298 Å². The molecule has 2 aliphatic heterocycles. The van der Waals surface area contributed by atoms with E-state index >= 15 is 0 Å². The van der Waals surface area contributed by atoms with Gasteiger partial charge >= 0.3 is 6.03 Å². The lowest BCUT2D eigenvalue weighted by molar-refractivity contribution is -0.0115. The number of benzene rings is 2. The van der Waals surface area contributed by atoms with Gasteiger partial charge in [-0.15, -0.1) is 0 Å². The predicted molar refractivity (Wildman–Crippen MR) is 188 cm³/mol. The number of aliphatic hydroxyl groups excluding tert-OH is 1. The van der Waals surface area contributed by atoms with Gasteiger partial charge in [-0.1, -0.05) is 12.1 Å². The van der Waals surface area contributed by atoms with Gasteiger partial charge in [-0.3, -0.25) is 9.52 Å². The summed E-state index contributed by atoms with van der Waals surface area (Å²) >= 11 is 0. The first-order chi connectivity index (χ1) is 24.3. The highest BCUT2D eigenvalue weighted by molar-refractivity contribution is 7.92. The number of amides is 3. The molecule has 51 heavy (non-hydrogen) atoms. The van der Waals surface area contributed by atoms with E-state index in [4.69, 9.17) is 23.5 Å². The van der Waals surface area contributed by atoms with Gasteiger partial charge in [-0.05, 0) is 77.3 Å². The van der Waals surface area contributed by atoms with Crippen LogP contribution in [0.15, 0.2) is 45.8 Å². The van der Waals surface area contributed by atoms with Crippen molar-refractivity contribution in [1.29, 1.82) is 0 Å². The van der Waals surface area contributed by atoms with E-state index in [-0.39, 0.29) is 72.1 Å². The summed E-state index contributed by atoms with van der Waals surface area (Å²) in [7, 11) is -2.43. The van der Waals surface area contributed by atoms with E-state index in [1.54, 1.807) is 38.2 Å². The maximum atomic E-state index is 14.4. The average molecular weight is 730 g/mol. The molecular weight excluding hydrogens is 682 g/mol. The largest absolute Gasteiger partial charge is 0.490 e. The smallest absolute Gasteiger partial charge is 0.321 e. The summed E-state index contributed by atoms with van der Waals surface area (Å²) in [4.78, 5) is 30.7. The van der Waals surface area contributed by atoms with E-state index in [9.17, 15) is 23.1 Å². The third-order valence-electron chi connectivity index (χ3n) is 8.96. The molecule has 1 aromatic heterocycles. The number of urea groups is 1. The number of aryl methyl sites for hydroxylation is 2. The fraction of sp³-hybridized carbons (Fsp3) is 0.514. The Morgan fingerprint density at radius 2 is 1.80 bits per heavy atom. The normalized spacial score (nSPS) is 20.5. The van der Waals surface area contributed by atoms with Crippen molar-refractivity contribution in [3.8, 4) is 17.2 Å². The number of aliphatic hydroxyl groups is 1. The van der Waals surface area contributed by atoms with Crippen LogP contribution in [-0.2, 0) is 14.8 Å². The van der Waals surface area contributed by atoms with E-state index in [1.807, 2.05) is 13.8 Å². The zero-order chi connectivity index (χ0) is 36.9. The second kappa shape index (κ2) is 16.2. The number of fused-ring (bicyclic) bond motifs is 2. The Morgan fingerprint density at radius 1 is 1.08 bits per heavy atom. The molecule has 16 heteroatoms. The maximum Gasteiger partial charge on any atom is 0.321 e. The van der Waals surface area contributed by atoms with Crippen LogP contribution < -0.4 is 24.2 Å². The van der Waals surface area contributed by atoms with Crippen molar-refractivity contribution in [2.75, 3.05) is 50.2 Å². The van der Waals surface area contributed by atoms with Crippen LogP contribution in [0.1, 0.15) is 61.8 Å². The average Bonchev–Trinajstić information content (AvgIpc) is 3.70. The van der Waals surface area contributed by atoms with Crippen LogP contribution in [0, 0.1) is 19.8 Å². The molecule has 0 fully saturated rings. The van der Waals surface area contributed by atoms with E-state index in [2.05, 4.69) is 15.2 Å². The fourth-order valence-electron chi connectivity index (χ4n) is 6.06. The number of sulfonamides is 1. The van der Waals surface area contributed by atoms with Gasteiger partial charge in [0.05, 0.1) is 30.4 Å². The molecule has 3 N–H and O–H groups in total. The number of aromatic nitrogens is 1. The van der Waals surface area contributed by atoms with Crippen molar-refractivity contribution in [2.45, 2.75) is 77.0 Å². The van der Waals surface area contributed by atoms with Gasteiger partial charge in [-0.25, -0.2) is 13.2 Å². The molecule has 0 aliphatic carbocycles. The Bertz CT molecular complexity index is 1800. The lowest BCUT2D eigenvalue weighted by Crippen LogP contribution is -2.48. The lowest BCUT2D eigenvalue weighted by Gasteiger charge is -2.35. The molecule has 2 aromatic carbocycles. The molecule has 0 saturated heterocycles. The summed E-state index contributed by atoms with van der Waals surface area (Å²) in [6.45, 7) is 9.21. The second-order valence-corrected chi connectivity index (χ2v) is 14.8. The summed E-state index contributed by atoms with van der Waals surface area (Å²) < 4.78 is 57.7. The molecule has 3 heterocycles. The van der Waals surface area contributed by atoms with Crippen molar-refractivity contribution >= 4 is 33.3 Å². The predicted octanol–water partition coefficient (Wildman–Crippen LogP) is 4.78. The molecule has 15 nitrogen and oxygen atoms in total. The standard InChI is InChI=1S/C35H47N5O10S/c1-21-17-40(22(2)19-41)34(42)28-15-27(38-51(44,45)33-24(4)37-50-25(33)5)11-12-29(28)49-23(3)9-7-8-14-46-32(21)18-39(6)35(43)36-26-10-13-30-31(16-26)48-20-47-30/h10-13,15-16,21-23,32,38,41H,7-9,14,17-20H2,1-6H3,(H,36,43)/t21-,22-,23-,32-/m1/s1. The van der Waals surface area contributed by atoms with E-state index in [0.717, 1.165) is 12.8 Å². The first kappa shape index (κ1) is 37.7. The highest BCUT2D eigenvalue weighted by Gasteiger charge is 2.32. The molecule has 0 radical (unpaired) electrons. The highest BCUT2D eigenvalue weighted by Crippen LogP contribution is 2.34. The van der Waals surface area contributed by atoms with E-state index in [1.165, 1.54) is 35.8 Å². The molecule has 4 atom stereocenters. The van der Waals surface area contributed by atoms with Crippen LogP contribution >= 0.6 is 0 Å². The minimum absolute atomic E-state index is 0.0799. The van der Waals surface area contributed by atoms with Gasteiger partial charge in [0.2, 0.25) is 6.79 Å². The van der Waals surface area contributed by atoms with Gasteiger partial charge in [0, 0.05) is 50.1 Å². The molecule has 0 saturated carbocycles. The first-order valence-corrected chi connectivity index (χ1v) is 18.5.